The molecule has 1 rings (SSSR count). The standard InChI is InChI=1S/C18H30F2N4.HI/c1-13(2)24(14(3)4)12-11-23-18(21-5)22-10-9-15-7-6-8-16(19)17(15)20;/h6-8,13-14H,9-12H2,1-5H3,(H2,21,22,23);1H. The van der Waals surface area contributed by atoms with E-state index in [9.17, 15) is 8.78 Å². The first-order valence-corrected chi connectivity index (χ1v) is 8.50. The lowest BCUT2D eigenvalue weighted by Gasteiger charge is -2.30. The molecule has 0 saturated heterocycles. The van der Waals surface area contributed by atoms with Gasteiger partial charge in [0.1, 0.15) is 0 Å². The first-order chi connectivity index (χ1) is 11.4. The van der Waals surface area contributed by atoms with E-state index in [1.807, 2.05) is 0 Å². The Balaban J connectivity index is 0.00000576. The fraction of sp³-hybridized carbons (Fsp3) is 0.611. The predicted molar refractivity (Wildman–Crippen MR) is 112 cm³/mol. The molecule has 0 fully saturated rings. The van der Waals surface area contributed by atoms with Crippen molar-refractivity contribution in [3.05, 3.63) is 35.4 Å². The molecule has 0 spiro atoms. The van der Waals surface area contributed by atoms with Gasteiger partial charge in [-0.2, -0.15) is 0 Å². The quantitative estimate of drug-likeness (QED) is 0.349. The number of benzene rings is 1. The van der Waals surface area contributed by atoms with Crippen molar-refractivity contribution >= 4 is 29.9 Å². The molecule has 0 aliphatic carbocycles. The van der Waals surface area contributed by atoms with Crippen LogP contribution in [-0.2, 0) is 6.42 Å². The molecule has 0 radical (unpaired) electrons. The van der Waals surface area contributed by atoms with Gasteiger partial charge in [-0.15, -0.1) is 24.0 Å². The average molecular weight is 468 g/mol. The molecule has 144 valence electrons. The van der Waals surface area contributed by atoms with Crippen LogP contribution in [0.1, 0.15) is 33.3 Å². The molecule has 0 aliphatic heterocycles. The molecule has 2 N–H and O–H groups in total. The maximum atomic E-state index is 13.6. The van der Waals surface area contributed by atoms with Crippen molar-refractivity contribution in [1.29, 1.82) is 0 Å². The number of halogens is 3. The SMILES string of the molecule is CN=C(NCCc1cccc(F)c1F)NCCN(C(C)C)C(C)C.I. The number of aliphatic imine (C=N–C) groups is 1. The van der Waals surface area contributed by atoms with Crippen LogP contribution in [0.25, 0.3) is 0 Å². The highest BCUT2D eigenvalue weighted by atomic mass is 127. The van der Waals surface area contributed by atoms with Gasteiger partial charge in [-0.3, -0.25) is 9.89 Å². The summed E-state index contributed by atoms with van der Waals surface area (Å²) in [6, 6.07) is 5.21. The summed E-state index contributed by atoms with van der Waals surface area (Å²) in [5.74, 6) is -0.913. The van der Waals surface area contributed by atoms with Crippen molar-refractivity contribution in [1.82, 2.24) is 15.5 Å². The molecule has 0 heterocycles. The zero-order chi connectivity index (χ0) is 18.1. The maximum absolute atomic E-state index is 13.6. The van der Waals surface area contributed by atoms with Crippen molar-refractivity contribution in [2.24, 2.45) is 4.99 Å². The second-order valence-corrected chi connectivity index (χ2v) is 6.31. The van der Waals surface area contributed by atoms with Gasteiger partial charge < -0.3 is 10.6 Å². The largest absolute Gasteiger partial charge is 0.356 e. The highest BCUT2D eigenvalue weighted by Gasteiger charge is 2.12. The van der Waals surface area contributed by atoms with Gasteiger partial charge >= 0.3 is 0 Å². The molecule has 0 saturated carbocycles. The molecule has 0 amide bonds. The van der Waals surface area contributed by atoms with Gasteiger partial charge in [0.15, 0.2) is 17.6 Å². The van der Waals surface area contributed by atoms with Crippen LogP contribution in [0.4, 0.5) is 8.78 Å². The second kappa shape index (κ2) is 12.4. The number of hydrogen-bond donors (Lipinski definition) is 2. The lowest BCUT2D eigenvalue weighted by molar-refractivity contribution is 0.178. The molecule has 1 aromatic carbocycles. The second-order valence-electron chi connectivity index (χ2n) is 6.31. The van der Waals surface area contributed by atoms with Crippen LogP contribution in [0.15, 0.2) is 23.2 Å². The fourth-order valence-corrected chi connectivity index (χ4v) is 2.69. The van der Waals surface area contributed by atoms with Gasteiger partial charge in [0.05, 0.1) is 0 Å². The van der Waals surface area contributed by atoms with Crippen LogP contribution in [0.2, 0.25) is 0 Å². The Morgan fingerprint density at radius 3 is 2.24 bits per heavy atom. The number of hydrogen-bond acceptors (Lipinski definition) is 2. The van der Waals surface area contributed by atoms with Crippen molar-refractivity contribution in [2.45, 2.75) is 46.2 Å². The molecule has 0 unspecified atom stereocenters. The Morgan fingerprint density at radius 1 is 1.08 bits per heavy atom. The molecule has 7 heteroatoms. The Bertz CT molecular complexity index is 528. The zero-order valence-electron chi connectivity index (χ0n) is 15.8. The van der Waals surface area contributed by atoms with E-state index in [1.165, 1.54) is 6.07 Å². The third-order valence-electron chi connectivity index (χ3n) is 3.93. The van der Waals surface area contributed by atoms with Gasteiger partial charge in [0.2, 0.25) is 0 Å². The van der Waals surface area contributed by atoms with Crippen LogP contribution in [0, 0.1) is 11.6 Å². The van der Waals surface area contributed by atoms with E-state index in [-0.39, 0.29) is 24.0 Å². The summed E-state index contributed by atoms with van der Waals surface area (Å²) in [7, 11) is 1.70. The van der Waals surface area contributed by atoms with E-state index < -0.39 is 11.6 Å². The average Bonchev–Trinajstić information content (AvgIpc) is 2.52. The highest BCUT2D eigenvalue weighted by Crippen LogP contribution is 2.11. The third kappa shape index (κ3) is 8.31. The molecule has 0 atom stereocenters. The molecule has 0 bridgehead atoms. The van der Waals surface area contributed by atoms with E-state index >= 15 is 0 Å². The Kier molecular flexibility index (Phi) is 11.9. The minimum absolute atomic E-state index is 0. The molecule has 4 nitrogen and oxygen atoms in total. The first kappa shape index (κ1) is 24.0. The van der Waals surface area contributed by atoms with Gasteiger partial charge in [-0.1, -0.05) is 12.1 Å². The Labute approximate surface area is 167 Å². The smallest absolute Gasteiger partial charge is 0.191 e. The monoisotopic (exact) mass is 468 g/mol. The first-order valence-electron chi connectivity index (χ1n) is 8.50. The Hall–Kier alpha value is -0.960. The van der Waals surface area contributed by atoms with Crippen LogP contribution in [0.5, 0.6) is 0 Å². The number of nitrogens with zero attached hydrogens (tertiary/aromatic N) is 2. The van der Waals surface area contributed by atoms with E-state index in [0.717, 1.165) is 19.2 Å². The lowest BCUT2D eigenvalue weighted by atomic mass is 10.1. The minimum atomic E-state index is -0.808. The van der Waals surface area contributed by atoms with Gasteiger partial charge in [-0.25, -0.2) is 8.78 Å². The summed E-state index contributed by atoms with van der Waals surface area (Å²) in [4.78, 5) is 6.55. The van der Waals surface area contributed by atoms with E-state index in [2.05, 4.69) is 48.2 Å². The zero-order valence-corrected chi connectivity index (χ0v) is 18.1. The summed E-state index contributed by atoms with van der Waals surface area (Å²) >= 11 is 0. The normalized spacial score (nSPS) is 11.8. The molecule has 1 aromatic rings. The molecular formula is C18H31F2IN4. The maximum Gasteiger partial charge on any atom is 0.191 e. The summed E-state index contributed by atoms with van der Waals surface area (Å²) < 4.78 is 26.8. The van der Waals surface area contributed by atoms with Crippen LogP contribution in [-0.4, -0.2) is 49.6 Å². The van der Waals surface area contributed by atoms with Crippen LogP contribution < -0.4 is 10.6 Å². The van der Waals surface area contributed by atoms with E-state index in [4.69, 9.17) is 0 Å². The van der Waals surface area contributed by atoms with Gasteiger partial charge in [0, 0.05) is 38.8 Å². The van der Waals surface area contributed by atoms with Crippen LogP contribution in [0.3, 0.4) is 0 Å². The summed E-state index contributed by atoms with van der Waals surface area (Å²) in [5, 5.41) is 6.38. The molecular weight excluding hydrogens is 437 g/mol. The van der Waals surface area contributed by atoms with Crippen LogP contribution >= 0.6 is 24.0 Å². The topological polar surface area (TPSA) is 39.7 Å². The summed E-state index contributed by atoms with van der Waals surface area (Å²) in [6.07, 6.45) is 0.397. The lowest BCUT2D eigenvalue weighted by Crippen LogP contribution is -2.45. The number of rotatable bonds is 8. The summed E-state index contributed by atoms with van der Waals surface area (Å²) in [6.45, 7) is 10.9. The van der Waals surface area contributed by atoms with E-state index in [0.29, 0.717) is 36.6 Å². The van der Waals surface area contributed by atoms with E-state index in [1.54, 1.807) is 13.1 Å². The minimum Gasteiger partial charge on any atom is -0.356 e. The number of nitrogens with one attached hydrogen (secondary N) is 2. The van der Waals surface area contributed by atoms with Crippen molar-refractivity contribution in [3.63, 3.8) is 0 Å². The molecule has 0 aliphatic rings. The third-order valence-corrected chi connectivity index (χ3v) is 3.93. The predicted octanol–water partition coefficient (Wildman–Crippen LogP) is 3.41. The number of guanidine groups is 1. The van der Waals surface area contributed by atoms with Gasteiger partial charge in [0.25, 0.3) is 0 Å². The van der Waals surface area contributed by atoms with Gasteiger partial charge in [-0.05, 0) is 45.7 Å². The summed E-state index contributed by atoms with van der Waals surface area (Å²) in [5.41, 5.74) is 0.365. The van der Waals surface area contributed by atoms with Crippen molar-refractivity contribution < 1.29 is 8.78 Å². The fourth-order valence-electron chi connectivity index (χ4n) is 2.69. The highest BCUT2D eigenvalue weighted by molar-refractivity contribution is 14.0. The van der Waals surface area contributed by atoms with Crippen molar-refractivity contribution in [2.75, 3.05) is 26.7 Å². The molecule has 25 heavy (non-hydrogen) atoms. The Morgan fingerprint density at radius 2 is 1.68 bits per heavy atom. The van der Waals surface area contributed by atoms with Crippen molar-refractivity contribution in [3.8, 4) is 0 Å². The molecule has 0 aromatic heterocycles.